The fourth-order valence-corrected chi connectivity index (χ4v) is 3.32. The van der Waals surface area contributed by atoms with Gasteiger partial charge in [0, 0.05) is 11.3 Å². The molecule has 0 aliphatic heterocycles. The number of amides is 1. The Morgan fingerprint density at radius 1 is 0.900 bits per heavy atom. The number of thioether (sulfide) groups is 1. The van der Waals surface area contributed by atoms with Crippen LogP contribution in [-0.2, 0) is 4.79 Å². The molecule has 1 heterocycles. The minimum atomic E-state index is -0.408. The van der Waals surface area contributed by atoms with Crippen molar-refractivity contribution in [1.29, 1.82) is 0 Å². The van der Waals surface area contributed by atoms with Gasteiger partial charge in [0.05, 0.1) is 5.25 Å². The molecule has 0 aliphatic carbocycles. The van der Waals surface area contributed by atoms with Crippen molar-refractivity contribution in [3.8, 4) is 23.0 Å². The zero-order valence-electron chi connectivity index (χ0n) is 16.2. The number of ether oxygens (including phenoxy) is 1. The Kier molecular flexibility index (Phi) is 6.10. The zero-order valence-corrected chi connectivity index (χ0v) is 17.0. The van der Waals surface area contributed by atoms with Gasteiger partial charge in [-0.1, -0.05) is 48.2 Å². The molecule has 4 aromatic rings. The summed E-state index contributed by atoms with van der Waals surface area (Å²) in [6, 6.07) is 26.2. The molecule has 0 aliphatic rings. The number of hydrogen-bond acceptors (Lipinski definition) is 6. The molecule has 0 saturated carbocycles. The molecule has 4 rings (SSSR count). The Bertz CT molecular complexity index is 1100. The van der Waals surface area contributed by atoms with Gasteiger partial charge < -0.3 is 14.5 Å². The van der Waals surface area contributed by atoms with Gasteiger partial charge in [-0.25, -0.2) is 0 Å². The van der Waals surface area contributed by atoms with E-state index in [1.165, 1.54) is 11.8 Å². The van der Waals surface area contributed by atoms with Gasteiger partial charge in [-0.15, -0.1) is 10.2 Å². The fraction of sp³-hybridized carbons (Fsp3) is 0.0870. The highest BCUT2D eigenvalue weighted by Gasteiger charge is 2.19. The van der Waals surface area contributed by atoms with Gasteiger partial charge in [-0.2, -0.15) is 0 Å². The maximum absolute atomic E-state index is 12.5. The van der Waals surface area contributed by atoms with Crippen LogP contribution >= 0.6 is 11.8 Å². The lowest BCUT2D eigenvalue weighted by molar-refractivity contribution is -0.115. The molecule has 1 N–H and O–H groups in total. The number of carbonyl (C=O) groups is 1. The highest BCUT2D eigenvalue weighted by molar-refractivity contribution is 8.00. The second kappa shape index (κ2) is 9.28. The number of anilines is 1. The van der Waals surface area contributed by atoms with Crippen LogP contribution in [0.2, 0.25) is 0 Å². The minimum absolute atomic E-state index is 0.156. The second-order valence-corrected chi connectivity index (χ2v) is 7.72. The van der Waals surface area contributed by atoms with Gasteiger partial charge in [-0.3, -0.25) is 4.79 Å². The van der Waals surface area contributed by atoms with E-state index in [1.54, 1.807) is 19.1 Å². The van der Waals surface area contributed by atoms with Crippen LogP contribution < -0.4 is 10.1 Å². The number of nitrogens with zero attached hydrogens (tertiary/aromatic N) is 2. The molecular formula is C23H19N3O3S. The van der Waals surface area contributed by atoms with E-state index in [0.29, 0.717) is 22.6 Å². The molecule has 0 fully saturated rings. The average Bonchev–Trinajstić information content (AvgIpc) is 3.25. The Morgan fingerprint density at radius 3 is 2.23 bits per heavy atom. The summed E-state index contributed by atoms with van der Waals surface area (Å²) in [5, 5.41) is 10.9. The summed E-state index contributed by atoms with van der Waals surface area (Å²) < 4.78 is 11.4. The number of para-hydroxylation sites is 1. The summed E-state index contributed by atoms with van der Waals surface area (Å²) >= 11 is 1.21. The predicted octanol–water partition coefficient (Wildman–Crippen LogP) is 5.65. The van der Waals surface area contributed by atoms with Crippen molar-refractivity contribution in [3.05, 3.63) is 84.9 Å². The number of rotatable bonds is 7. The minimum Gasteiger partial charge on any atom is -0.457 e. The van der Waals surface area contributed by atoms with E-state index in [9.17, 15) is 4.79 Å². The van der Waals surface area contributed by atoms with Crippen molar-refractivity contribution in [1.82, 2.24) is 10.2 Å². The third-order valence-electron chi connectivity index (χ3n) is 4.17. The van der Waals surface area contributed by atoms with Crippen molar-refractivity contribution in [2.24, 2.45) is 0 Å². The quantitative estimate of drug-likeness (QED) is 0.392. The molecule has 0 spiro atoms. The lowest BCUT2D eigenvalue weighted by Crippen LogP contribution is -2.22. The molecule has 0 radical (unpaired) electrons. The Balaban J connectivity index is 1.33. The molecule has 0 saturated heterocycles. The molecule has 3 aromatic carbocycles. The molecule has 1 amide bonds. The monoisotopic (exact) mass is 417 g/mol. The molecule has 30 heavy (non-hydrogen) atoms. The van der Waals surface area contributed by atoms with Crippen LogP contribution in [-0.4, -0.2) is 21.4 Å². The number of carbonyl (C=O) groups excluding carboxylic acids is 1. The highest BCUT2D eigenvalue weighted by atomic mass is 32.2. The van der Waals surface area contributed by atoms with Gasteiger partial charge in [0.15, 0.2) is 0 Å². The zero-order chi connectivity index (χ0) is 20.8. The SMILES string of the molecule is CC(Sc1nnc(-c2ccccc2)o1)C(=O)Nc1ccc(Oc2ccccc2)cc1. The van der Waals surface area contributed by atoms with Gasteiger partial charge >= 0.3 is 0 Å². The molecule has 150 valence electrons. The summed E-state index contributed by atoms with van der Waals surface area (Å²) in [7, 11) is 0. The van der Waals surface area contributed by atoms with Gasteiger partial charge in [0.2, 0.25) is 11.8 Å². The first kappa shape index (κ1) is 19.7. The van der Waals surface area contributed by atoms with Crippen molar-refractivity contribution >= 4 is 23.4 Å². The highest BCUT2D eigenvalue weighted by Crippen LogP contribution is 2.27. The normalized spacial score (nSPS) is 11.6. The smallest absolute Gasteiger partial charge is 0.277 e. The van der Waals surface area contributed by atoms with Crippen LogP contribution in [0.4, 0.5) is 5.69 Å². The third kappa shape index (κ3) is 5.07. The number of aromatic nitrogens is 2. The summed E-state index contributed by atoms with van der Waals surface area (Å²) in [5.74, 6) is 1.73. The van der Waals surface area contributed by atoms with Crippen molar-refractivity contribution in [2.75, 3.05) is 5.32 Å². The standard InChI is InChI=1S/C23H19N3O3S/c1-16(30-23-26-25-22(29-23)17-8-4-2-5-9-17)21(27)24-18-12-14-20(15-13-18)28-19-10-6-3-7-11-19/h2-16H,1H3,(H,24,27). The summed E-state index contributed by atoms with van der Waals surface area (Å²) in [6.45, 7) is 1.79. The lowest BCUT2D eigenvalue weighted by atomic mass is 10.2. The van der Waals surface area contributed by atoms with E-state index in [-0.39, 0.29) is 5.91 Å². The lowest BCUT2D eigenvalue weighted by Gasteiger charge is -2.11. The Hall–Kier alpha value is -3.58. The van der Waals surface area contributed by atoms with E-state index in [4.69, 9.17) is 9.15 Å². The second-order valence-electron chi connectivity index (χ2n) is 6.43. The van der Waals surface area contributed by atoms with Crippen LogP contribution in [0.15, 0.2) is 94.6 Å². The van der Waals surface area contributed by atoms with Crippen LogP contribution in [0, 0.1) is 0 Å². The summed E-state index contributed by atoms with van der Waals surface area (Å²) in [5.41, 5.74) is 1.52. The predicted molar refractivity (Wildman–Crippen MR) is 117 cm³/mol. The molecule has 7 heteroatoms. The first-order valence-corrected chi connectivity index (χ1v) is 10.2. The third-order valence-corrected chi connectivity index (χ3v) is 5.11. The van der Waals surface area contributed by atoms with E-state index in [0.717, 1.165) is 11.3 Å². The summed E-state index contributed by atoms with van der Waals surface area (Å²) in [4.78, 5) is 12.5. The van der Waals surface area contributed by atoms with E-state index in [2.05, 4.69) is 15.5 Å². The maximum atomic E-state index is 12.5. The Morgan fingerprint density at radius 2 is 1.53 bits per heavy atom. The van der Waals surface area contributed by atoms with Gasteiger partial charge in [0.1, 0.15) is 11.5 Å². The van der Waals surface area contributed by atoms with Crippen LogP contribution in [0.1, 0.15) is 6.92 Å². The van der Waals surface area contributed by atoms with Gasteiger partial charge in [-0.05, 0) is 55.5 Å². The van der Waals surface area contributed by atoms with E-state index in [1.807, 2.05) is 72.8 Å². The molecule has 1 unspecified atom stereocenters. The van der Waals surface area contributed by atoms with Crippen molar-refractivity contribution < 1.29 is 13.9 Å². The molecular weight excluding hydrogens is 398 g/mol. The van der Waals surface area contributed by atoms with Crippen LogP contribution in [0.25, 0.3) is 11.5 Å². The van der Waals surface area contributed by atoms with Crippen LogP contribution in [0.3, 0.4) is 0 Å². The molecule has 1 aromatic heterocycles. The van der Waals surface area contributed by atoms with Crippen molar-refractivity contribution in [2.45, 2.75) is 17.4 Å². The van der Waals surface area contributed by atoms with Gasteiger partial charge in [0.25, 0.3) is 5.22 Å². The number of hydrogen-bond donors (Lipinski definition) is 1. The topological polar surface area (TPSA) is 77.2 Å². The largest absolute Gasteiger partial charge is 0.457 e. The van der Waals surface area contributed by atoms with E-state index >= 15 is 0 Å². The average molecular weight is 417 g/mol. The molecule has 0 bridgehead atoms. The first-order chi connectivity index (χ1) is 14.7. The molecule has 1 atom stereocenters. The maximum Gasteiger partial charge on any atom is 0.277 e. The molecule has 6 nitrogen and oxygen atoms in total. The Labute approximate surface area is 178 Å². The number of benzene rings is 3. The van der Waals surface area contributed by atoms with Crippen molar-refractivity contribution in [3.63, 3.8) is 0 Å². The fourth-order valence-electron chi connectivity index (χ4n) is 2.63. The van der Waals surface area contributed by atoms with Crippen LogP contribution in [0.5, 0.6) is 11.5 Å². The summed E-state index contributed by atoms with van der Waals surface area (Å²) in [6.07, 6.45) is 0. The number of nitrogens with one attached hydrogen (secondary N) is 1. The first-order valence-electron chi connectivity index (χ1n) is 9.37. The van der Waals surface area contributed by atoms with E-state index < -0.39 is 5.25 Å².